The van der Waals surface area contributed by atoms with E-state index in [1.807, 2.05) is 11.3 Å². The summed E-state index contributed by atoms with van der Waals surface area (Å²) >= 11 is 0. The maximum Gasteiger partial charge on any atom is 0.160 e. The Bertz CT molecular complexity index is 447. The molecule has 0 radical (unpaired) electrons. The molecule has 0 spiro atoms. The van der Waals surface area contributed by atoms with Gasteiger partial charge in [-0.1, -0.05) is 6.92 Å². The van der Waals surface area contributed by atoms with Gasteiger partial charge in [-0.3, -0.25) is 9.20 Å². The van der Waals surface area contributed by atoms with E-state index in [0.29, 0.717) is 5.56 Å². The molecule has 0 bridgehead atoms. The Balaban J connectivity index is 2.71. The first-order valence-electron chi connectivity index (χ1n) is 4.14. The minimum Gasteiger partial charge on any atom is -0.298 e. The number of rotatable bonds is 2. The molecule has 0 aromatic carbocycles. The monoisotopic (exact) mass is 175 g/mol. The molecule has 0 atom stereocenters. The number of hydrogen-bond acceptors (Lipinski definition) is 3. The minimum atomic E-state index is 0.641. The summed E-state index contributed by atoms with van der Waals surface area (Å²) in [5.41, 5.74) is 1.42. The predicted molar refractivity (Wildman–Crippen MR) is 47.8 cm³/mol. The number of aryl methyl sites for hydroxylation is 1. The van der Waals surface area contributed by atoms with Crippen LogP contribution in [0.1, 0.15) is 23.1 Å². The van der Waals surface area contributed by atoms with E-state index < -0.39 is 0 Å². The second kappa shape index (κ2) is 2.97. The number of hydrogen-bond donors (Lipinski definition) is 0. The molecule has 4 nitrogen and oxygen atoms in total. The van der Waals surface area contributed by atoms with Crippen LogP contribution in [0.2, 0.25) is 0 Å². The maximum absolute atomic E-state index is 10.5. The van der Waals surface area contributed by atoms with Gasteiger partial charge in [0, 0.05) is 18.2 Å². The highest BCUT2D eigenvalue weighted by Gasteiger charge is 2.02. The zero-order valence-corrected chi connectivity index (χ0v) is 7.27. The minimum absolute atomic E-state index is 0.641. The van der Waals surface area contributed by atoms with Gasteiger partial charge in [0.15, 0.2) is 11.9 Å². The lowest BCUT2D eigenvalue weighted by Gasteiger charge is -1.96. The van der Waals surface area contributed by atoms with Gasteiger partial charge in [0.05, 0.1) is 0 Å². The van der Waals surface area contributed by atoms with Crippen LogP contribution in [0.5, 0.6) is 0 Å². The van der Waals surface area contributed by atoms with Crippen molar-refractivity contribution in [3.63, 3.8) is 0 Å². The molecule has 2 aromatic rings. The summed E-state index contributed by atoms with van der Waals surface area (Å²) in [6.45, 7) is 2.00. The highest BCUT2D eigenvalue weighted by Crippen LogP contribution is 2.05. The summed E-state index contributed by atoms with van der Waals surface area (Å²) in [6.07, 6.45) is 3.38. The first-order valence-corrected chi connectivity index (χ1v) is 4.14. The van der Waals surface area contributed by atoms with E-state index in [2.05, 4.69) is 10.2 Å². The zero-order chi connectivity index (χ0) is 9.26. The molecule has 66 valence electrons. The predicted octanol–water partition coefficient (Wildman–Crippen LogP) is 1.10. The second-order valence-corrected chi connectivity index (χ2v) is 2.78. The van der Waals surface area contributed by atoms with Gasteiger partial charge in [-0.15, -0.1) is 10.2 Å². The number of carbonyl (C=O) groups excluding carboxylic acids is 1. The van der Waals surface area contributed by atoms with E-state index in [0.717, 1.165) is 24.2 Å². The van der Waals surface area contributed by atoms with Crippen LogP contribution < -0.4 is 0 Å². The first kappa shape index (κ1) is 7.91. The fraction of sp³-hybridized carbons (Fsp3) is 0.222. The Morgan fingerprint density at radius 1 is 1.46 bits per heavy atom. The van der Waals surface area contributed by atoms with E-state index in [1.165, 1.54) is 0 Å². The average Bonchev–Trinajstić information content (AvgIpc) is 2.59. The van der Waals surface area contributed by atoms with E-state index in [-0.39, 0.29) is 0 Å². The molecular weight excluding hydrogens is 166 g/mol. The third-order valence-corrected chi connectivity index (χ3v) is 1.95. The molecule has 2 heterocycles. The molecule has 0 aliphatic carbocycles. The highest BCUT2D eigenvalue weighted by atomic mass is 16.1. The Morgan fingerprint density at radius 3 is 3.00 bits per heavy atom. The van der Waals surface area contributed by atoms with Crippen LogP contribution >= 0.6 is 0 Å². The van der Waals surface area contributed by atoms with E-state index >= 15 is 0 Å². The third kappa shape index (κ3) is 1.20. The Kier molecular flexibility index (Phi) is 1.81. The lowest BCUT2D eigenvalue weighted by molar-refractivity contribution is 0.112. The van der Waals surface area contributed by atoms with Gasteiger partial charge in [0.25, 0.3) is 0 Å². The van der Waals surface area contributed by atoms with E-state index in [9.17, 15) is 4.79 Å². The molecule has 0 saturated heterocycles. The van der Waals surface area contributed by atoms with Crippen LogP contribution in [-0.2, 0) is 6.42 Å². The van der Waals surface area contributed by atoms with Crippen LogP contribution in [-0.4, -0.2) is 20.9 Å². The van der Waals surface area contributed by atoms with Crippen molar-refractivity contribution in [1.82, 2.24) is 14.6 Å². The Hall–Kier alpha value is -1.71. The standard InChI is InChI=1S/C9H9N3O/c1-2-8-10-11-9-4-3-7(6-13)5-12(8)9/h3-6H,2H2,1H3. The number of pyridine rings is 1. The van der Waals surface area contributed by atoms with Crippen LogP contribution in [0.4, 0.5) is 0 Å². The van der Waals surface area contributed by atoms with Gasteiger partial charge in [-0.2, -0.15) is 0 Å². The zero-order valence-electron chi connectivity index (χ0n) is 7.27. The van der Waals surface area contributed by atoms with Crippen LogP contribution in [0.15, 0.2) is 18.3 Å². The SMILES string of the molecule is CCc1nnc2ccc(C=O)cn12. The fourth-order valence-corrected chi connectivity index (χ4v) is 1.27. The maximum atomic E-state index is 10.5. The summed E-state index contributed by atoms with van der Waals surface area (Å²) in [7, 11) is 0. The van der Waals surface area contributed by atoms with Crippen molar-refractivity contribution >= 4 is 11.9 Å². The van der Waals surface area contributed by atoms with Gasteiger partial charge >= 0.3 is 0 Å². The lowest BCUT2D eigenvalue weighted by atomic mass is 10.3. The fourth-order valence-electron chi connectivity index (χ4n) is 1.27. The number of fused-ring (bicyclic) bond motifs is 1. The van der Waals surface area contributed by atoms with Crippen molar-refractivity contribution in [3.05, 3.63) is 29.7 Å². The van der Waals surface area contributed by atoms with Crippen LogP contribution in [0.3, 0.4) is 0 Å². The Morgan fingerprint density at radius 2 is 2.31 bits per heavy atom. The van der Waals surface area contributed by atoms with E-state index in [4.69, 9.17) is 0 Å². The molecule has 13 heavy (non-hydrogen) atoms. The van der Waals surface area contributed by atoms with Gasteiger partial charge in [-0.25, -0.2) is 0 Å². The van der Waals surface area contributed by atoms with Gasteiger partial charge < -0.3 is 0 Å². The van der Waals surface area contributed by atoms with Crippen molar-refractivity contribution in [2.24, 2.45) is 0 Å². The molecule has 0 aliphatic heterocycles. The smallest absolute Gasteiger partial charge is 0.160 e. The number of nitrogens with zero attached hydrogens (tertiary/aromatic N) is 3. The molecule has 0 N–H and O–H groups in total. The number of aldehydes is 1. The second-order valence-electron chi connectivity index (χ2n) is 2.78. The summed E-state index contributed by atoms with van der Waals surface area (Å²) < 4.78 is 1.84. The molecule has 2 rings (SSSR count). The largest absolute Gasteiger partial charge is 0.298 e. The van der Waals surface area contributed by atoms with Gasteiger partial charge in [-0.05, 0) is 12.1 Å². The molecule has 0 saturated carbocycles. The highest BCUT2D eigenvalue weighted by molar-refractivity contribution is 5.74. The van der Waals surface area contributed by atoms with Crippen molar-refractivity contribution in [1.29, 1.82) is 0 Å². The Labute approximate surface area is 75.2 Å². The summed E-state index contributed by atoms with van der Waals surface area (Å²) in [5.74, 6) is 0.874. The van der Waals surface area contributed by atoms with Crippen LogP contribution in [0.25, 0.3) is 5.65 Å². The quantitative estimate of drug-likeness (QED) is 0.642. The van der Waals surface area contributed by atoms with E-state index in [1.54, 1.807) is 18.3 Å². The van der Waals surface area contributed by atoms with Crippen molar-refractivity contribution in [3.8, 4) is 0 Å². The molecule has 4 heteroatoms. The summed E-state index contributed by atoms with van der Waals surface area (Å²) in [5, 5.41) is 7.95. The number of aromatic nitrogens is 3. The number of carbonyl (C=O) groups is 1. The van der Waals surface area contributed by atoms with Crippen molar-refractivity contribution in [2.45, 2.75) is 13.3 Å². The molecular formula is C9H9N3O. The van der Waals surface area contributed by atoms with Crippen molar-refractivity contribution in [2.75, 3.05) is 0 Å². The summed E-state index contributed by atoms with van der Waals surface area (Å²) in [6, 6.07) is 3.52. The van der Waals surface area contributed by atoms with Crippen molar-refractivity contribution < 1.29 is 4.79 Å². The van der Waals surface area contributed by atoms with Crippen LogP contribution in [0, 0.1) is 0 Å². The average molecular weight is 175 g/mol. The first-order chi connectivity index (χ1) is 6.35. The molecule has 0 fully saturated rings. The van der Waals surface area contributed by atoms with Gasteiger partial charge in [0.1, 0.15) is 5.82 Å². The van der Waals surface area contributed by atoms with Gasteiger partial charge in [0.2, 0.25) is 0 Å². The third-order valence-electron chi connectivity index (χ3n) is 1.95. The summed E-state index contributed by atoms with van der Waals surface area (Å²) in [4.78, 5) is 10.5. The molecule has 0 unspecified atom stereocenters. The molecule has 2 aromatic heterocycles. The normalized spacial score (nSPS) is 10.5. The molecule has 0 aliphatic rings. The molecule has 0 amide bonds. The topological polar surface area (TPSA) is 47.3 Å². The lowest BCUT2D eigenvalue weighted by Crippen LogP contribution is -1.93.